The van der Waals surface area contributed by atoms with Gasteiger partial charge in [0, 0.05) is 28.9 Å². The van der Waals surface area contributed by atoms with Gasteiger partial charge >= 0.3 is 0 Å². The molecule has 4 aromatic rings. The zero-order valence-corrected chi connectivity index (χ0v) is 18.4. The molecule has 1 aliphatic heterocycles. The molecule has 0 saturated carbocycles. The van der Waals surface area contributed by atoms with Crippen LogP contribution in [0, 0.1) is 13.8 Å². The first-order valence-corrected chi connectivity index (χ1v) is 10.6. The van der Waals surface area contributed by atoms with Gasteiger partial charge in [-0.05, 0) is 62.2 Å². The molecule has 1 amide bonds. The van der Waals surface area contributed by atoms with Crippen molar-refractivity contribution in [3.05, 3.63) is 78.5 Å². The molecule has 0 atom stereocenters. The van der Waals surface area contributed by atoms with E-state index in [1.165, 1.54) is 6.33 Å². The molecule has 2 aromatic heterocycles. The van der Waals surface area contributed by atoms with E-state index in [0.717, 1.165) is 33.5 Å². The van der Waals surface area contributed by atoms with Gasteiger partial charge in [0.05, 0.1) is 23.6 Å². The predicted molar refractivity (Wildman–Crippen MR) is 127 cm³/mol. The molecule has 1 saturated heterocycles. The number of nitrogens with zero attached hydrogens (tertiary/aromatic N) is 5. The minimum absolute atomic E-state index is 0.0369. The van der Waals surface area contributed by atoms with Crippen molar-refractivity contribution in [2.75, 3.05) is 16.8 Å². The minimum Gasteiger partial charge on any atom is -0.437 e. The summed E-state index contributed by atoms with van der Waals surface area (Å²) in [6, 6.07) is 11.5. The van der Waals surface area contributed by atoms with Crippen LogP contribution >= 0.6 is 0 Å². The molecule has 1 fully saturated rings. The summed E-state index contributed by atoms with van der Waals surface area (Å²) in [5.41, 5.74) is 4.85. The first kappa shape index (κ1) is 20.6. The van der Waals surface area contributed by atoms with Gasteiger partial charge in [-0.25, -0.2) is 15.0 Å². The molecule has 8 nitrogen and oxygen atoms in total. The summed E-state index contributed by atoms with van der Waals surface area (Å²) >= 11 is 0. The summed E-state index contributed by atoms with van der Waals surface area (Å²) in [5.74, 6) is 1.76. The summed E-state index contributed by atoms with van der Waals surface area (Å²) in [6.07, 6.45) is 5.47. The quantitative estimate of drug-likeness (QED) is 0.445. The summed E-state index contributed by atoms with van der Waals surface area (Å²) in [5, 5.41) is 4.20. The van der Waals surface area contributed by atoms with E-state index in [4.69, 9.17) is 4.74 Å². The third-order valence-electron chi connectivity index (χ3n) is 5.52. The van der Waals surface area contributed by atoms with Crippen molar-refractivity contribution in [1.29, 1.82) is 0 Å². The molecule has 2 aromatic carbocycles. The zero-order chi connectivity index (χ0) is 22.9. The van der Waals surface area contributed by atoms with Crippen LogP contribution in [0.4, 0.5) is 17.2 Å². The number of nitrogens with one attached hydrogen (secondary N) is 1. The van der Waals surface area contributed by atoms with Crippen LogP contribution in [0.3, 0.4) is 0 Å². The van der Waals surface area contributed by atoms with Gasteiger partial charge in [0.25, 0.3) is 5.91 Å². The van der Waals surface area contributed by atoms with Crippen LogP contribution in [0.1, 0.15) is 17.7 Å². The van der Waals surface area contributed by atoms with Crippen molar-refractivity contribution in [2.24, 2.45) is 0 Å². The van der Waals surface area contributed by atoms with Crippen molar-refractivity contribution in [3.63, 3.8) is 0 Å². The maximum absolute atomic E-state index is 12.4. The SMILES string of the molecule is C=C1CCN(c2ccc3ncnc(Nc4ccc(Oc5cnc(C)cn5)c(C)c4)c3c2)C1=O. The lowest BCUT2D eigenvalue weighted by Crippen LogP contribution is -2.24. The van der Waals surface area contributed by atoms with Crippen LogP contribution in [0.25, 0.3) is 10.9 Å². The van der Waals surface area contributed by atoms with Crippen LogP contribution in [0.2, 0.25) is 0 Å². The predicted octanol–water partition coefficient (Wildman–Crippen LogP) is 4.87. The van der Waals surface area contributed by atoms with E-state index in [9.17, 15) is 4.79 Å². The number of aryl methyl sites for hydroxylation is 2. The van der Waals surface area contributed by atoms with Crippen molar-refractivity contribution in [2.45, 2.75) is 20.3 Å². The maximum Gasteiger partial charge on any atom is 0.253 e. The lowest BCUT2D eigenvalue weighted by molar-refractivity contribution is -0.114. The number of ether oxygens (including phenoxy) is 1. The largest absolute Gasteiger partial charge is 0.437 e. The van der Waals surface area contributed by atoms with Gasteiger partial charge in [0.1, 0.15) is 17.9 Å². The number of rotatable bonds is 5. The third kappa shape index (κ3) is 4.10. The molecule has 33 heavy (non-hydrogen) atoms. The van der Waals surface area contributed by atoms with E-state index in [1.54, 1.807) is 17.3 Å². The van der Waals surface area contributed by atoms with Gasteiger partial charge in [0.15, 0.2) is 0 Å². The second kappa shape index (κ2) is 8.31. The molecule has 0 radical (unpaired) electrons. The highest BCUT2D eigenvalue weighted by Gasteiger charge is 2.25. The summed E-state index contributed by atoms with van der Waals surface area (Å²) in [4.78, 5) is 31.4. The zero-order valence-electron chi connectivity index (χ0n) is 18.4. The highest BCUT2D eigenvalue weighted by Crippen LogP contribution is 2.32. The molecule has 0 aliphatic carbocycles. The van der Waals surface area contributed by atoms with E-state index < -0.39 is 0 Å². The van der Waals surface area contributed by atoms with Gasteiger partial charge in [-0.1, -0.05) is 6.58 Å². The second-order valence-electron chi connectivity index (χ2n) is 7.94. The number of benzene rings is 2. The molecule has 1 N–H and O–H groups in total. The topological polar surface area (TPSA) is 93.1 Å². The van der Waals surface area contributed by atoms with Crippen molar-refractivity contribution in [1.82, 2.24) is 19.9 Å². The lowest BCUT2D eigenvalue weighted by atomic mass is 10.1. The number of hydrogen-bond donors (Lipinski definition) is 1. The second-order valence-corrected chi connectivity index (χ2v) is 7.94. The summed E-state index contributed by atoms with van der Waals surface area (Å²) in [7, 11) is 0. The Bertz CT molecular complexity index is 1380. The lowest BCUT2D eigenvalue weighted by Gasteiger charge is -2.17. The van der Waals surface area contributed by atoms with Crippen LogP contribution in [0.15, 0.2) is 67.3 Å². The number of fused-ring (bicyclic) bond motifs is 1. The average Bonchev–Trinajstić information content (AvgIpc) is 3.15. The molecule has 3 heterocycles. The van der Waals surface area contributed by atoms with Crippen LogP contribution < -0.4 is 15.0 Å². The fraction of sp³-hybridized carbons (Fsp3) is 0.160. The van der Waals surface area contributed by atoms with E-state index in [0.29, 0.717) is 36.0 Å². The van der Waals surface area contributed by atoms with Gasteiger partial charge in [-0.15, -0.1) is 0 Å². The number of hydrogen-bond acceptors (Lipinski definition) is 7. The Kier molecular flexibility index (Phi) is 5.18. The summed E-state index contributed by atoms with van der Waals surface area (Å²) < 4.78 is 5.86. The van der Waals surface area contributed by atoms with Gasteiger partial charge < -0.3 is 15.0 Å². The maximum atomic E-state index is 12.4. The Morgan fingerprint density at radius 3 is 2.64 bits per heavy atom. The highest BCUT2D eigenvalue weighted by molar-refractivity contribution is 6.08. The van der Waals surface area contributed by atoms with Crippen LogP contribution in [-0.2, 0) is 4.79 Å². The normalized spacial score (nSPS) is 13.6. The van der Waals surface area contributed by atoms with E-state index in [2.05, 4.69) is 31.8 Å². The standard InChI is InChI=1S/C25H22N6O2/c1-15-8-9-31(25(15)32)19-5-6-21-20(11-19)24(29-14-28-21)30-18-4-7-22(16(2)10-18)33-23-13-26-17(3)12-27-23/h4-7,10-14H,1,8-9H2,2-3H3,(H,28,29,30). The number of carbonyl (C=O) groups excluding carboxylic acids is 1. The number of amides is 1. The number of anilines is 3. The summed E-state index contributed by atoms with van der Waals surface area (Å²) in [6.45, 7) is 8.32. The molecule has 0 spiro atoms. The van der Waals surface area contributed by atoms with Gasteiger partial charge in [-0.2, -0.15) is 0 Å². The van der Waals surface area contributed by atoms with Gasteiger partial charge in [-0.3, -0.25) is 9.78 Å². The Morgan fingerprint density at radius 2 is 1.91 bits per heavy atom. The molecule has 8 heteroatoms. The molecule has 164 valence electrons. The number of aromatic nitrogens is 4. The Balaban J connectivity index is 1.42. The molecule has 1 aliphatic rings. The fourth-order valence-corrected chi connectivity index (χ4v) is 3.73. The molecular formula is C25H22N6O2. The van der Waals surface area contributed by atoms with Crippen molar-refractivity contribution < 1.29 is 9.53 Å². The van der Waals surface area contributed by atoms with Crippen molar-refractivity contribution >= 4 is 34.0 Å². The van der Waals surface area contributed by atoms with E-state index in [-0.39, 0.29) is 5.91 Å². The van der Waals surface area contributed by atoms with Gasteiger partial charge in [0.2, 0.25) is 5.88 Å². The molecule has 0 bridgehead atoms. The van der Waals surface area contributed by atoms with Crippen LogP contribution in [0.5, 0.6) is 11.6 Å². The first-order valence-electron chi connectivity index (χ1n) is 10.6. The van der Waals surface area contributed by atoms with Crippen LogP contribution in [-0.4, -0.2) is 32.4 Å². The third-order valence-corrected chi connectivity index (χ3v) is 5.52. The molecular weight excluding hydrogens is 416 g/mol. The average molecular weight is 438 g/mol. The van der Waals surface area contributed by atoms with Crippen molar-refractivity contribution in [3.8, 4) is 11.6 Å². The molecule has 5 rings (SSSR count). The minimum atomic E-state index is -0.0369. The Morgan fingerprint density at radius 1 is 1.03 bits per heavy atom. The molecule has 0 unspecified atom stereocenters. The fourth-order valence-electron chi connectivity index (χ4n) is 3.73. The smallest absolute Gasteiger partial charge is 0.253 e. The van der Waals surface area contributed by atoms with E-state index >= 15 is 0 Å². The Hall–Kier alpha value is -4.33. The Labute approximate surface area is 191 Å². The van der Waals surface area contributed by atoms with E-state index in [1.807, 2.05) is 50.2 Å². The first-order chi connectivity index (χ1) is 16.0. The highest BCUT2D eigenvalue weighted by atomic mass is 16.5. The number of carbonyl (C=O) groups is 1. The monoisotopic (exact) mass is 438 g/mol.